The fourth-order valence-corrected chi connectivity index (χ4v) is 2.33. The van der Waals surface area contributed by atoms with Crippen molar-refractivity contribution in [1.29, 1.82) is 0 Å². The van der Waals surface area contributed by atoms with Gasteiger partial charge in [-0.15, -0.1) is 0 Å². The summed E-state index contributed by atoms with van der Waals surface area (Å²) in [6.07, 6.45) is -4.90. The Morgan fingerprint density at radius 2 is 1.70 bits per heavy atom. The van der Waals surface area contributed by atoms with Gasteiger partial charge in [-0.1, -0.05) is 11.6 Å². The zero-order valence-corrected chi connectivity index (χ0v) is 17.0. The Labute approximate surface area is 175 Å². The van der Waals surface area contributed by atoms with Gasteiger partial charge in [0.05, 0.1) is 5.56 Å². The van der Waals surface area contributed by atoms with Gasteiger partial charge in [0.25, 0.3) is 5.91 Å². The minimum atomic E-state index is -4.56. The summed E-state index contributed by atoms with van der Waals surface area (Å²) in [5, 5.41) is 4.38. The number of ether oxygens (including phenoxy) is 2. The first-order chi connectivity index (χ1) is 14.0. The van der Waals surface area contributed by atoms with Crippen molar-refractivity contribution >= 4 is 23.5 Å². The van der Waals surface area contributed by atoms with Crippen LogP contribution in [0.1, 0.15) is 26.3 Å². The fraction of sp³-hybridized carbons (Fsp3) is 0.316. The van der Waals surface area contributed by atoms with Crippen LogP contribution in [0.4, 0.5) is 18.0 Å². The van der Waals surface area contributed by atoms with E-state index in [9.17, 15) is 22.8 Å². The smallest absolute Gasteiger partial charge is 0.417 e. The fourth-order valence-electron chi connectivity index (χ4n) is 2.12. The van der Waals surface area contributed by atoms with Crippen molar-refractivity contribution in [1.82, 2.24) is 15.6 Å². The highest BCUT2D eigenvalue weighted by molar-refractivity contribution is 6.31. The average molecular weight is 446 g/mol. The summed E-state index contributed by atoms with van der Waals surface area (Å²) in [4.78, 5) is 27.1. The predicted molar refractivity (Wildman–Crippen MR) is 103 cm³/mol. The van der Waals surface area contributed by atoms with E-state index in [1.807, 2.05) is 0 Å². The standard InChI is InChI=1S/C19H19ClF3N3O4/c1-10(2)25-18(28)26-16(27)11(3)29-13-4-6-14(7-5-13)30-17-15(20)8-12(9-24-17)19(21,22)23/h4-11H,1-3H3,(H2,25,26,27,28). The SMILES string of the molecule is CC(C)NC(=O)NC(=O)C(C)Oc1ccc(Oc2ncc(C(F)(F)F)cc2Cl)cc1. The molecule has 3 amide bonds. The highest BCUT2D eigenvalue weighted by Crippen LogP contribution is 2.34. The van der Waals surface area contributed by atoms with Gasteiger partial charge in [0.1, 0.15) is 16.5 Å². The lowest BCUT2D eigenvalue weighted by atomic mass is 10.3. The Hall–Kier alpha value is -3.01. The van der Waals surface area contributed by atoms with Crippen LogP contribution >= 0.6 is 11.6 Å². The number of hydrogen-bond donors (Lipinski definition) is 2. The largest absolute Gasteiger partial charge is 0.481 e. The first-order valence-electron chi connectivity index (χ1n) is 8.74. The van der Waals surface area contributed by atoms with Crippen molar-refractivity contribution in [3.8, 4) is 17.4 Å². The second-order valence-electron chi connectivity index (χ2n) is 6.46. The molecule has 0 aliphatic rings. The van der Waals surface area contributed by atoms with Crippen LogP contribution in [0.15, 0.2) is 36.5 Å². The van der Waals surface area contributed by atoms with Crippen LogP contribution in [0.25, 0.3) is 0 Å². The molecule has 2 rings (SSSR count). The third kappa shape index (κ3) is 6.80. The Kier molecular flexibility index (Phi) is 7.49. The van der Waals surface area contributed by atoms with Crippen molar-refractivity contribution in [3.63, 3.8) is 0 Å². The Morgan fingerprint density at radius 3 is 2.23 bits per heavy atom. The minimum absolute atomic E-state index is 0.130. The van der Waals surface area contributed by atoms with Crippen LogP contribution in [0.3, 0.4) is 0 Å². The predicted octanol–water partition coefficient (Wildman–Crippen LogP) is 4.55. The van der Waals surface area contributed by atoms with E-state index in [4.69, 9.17) is 21.1 Å². The van der Waals surface area contributed by atoms with Crippen LogP contribution < -0.4 is 20.1 Å². The Bertz CT molecular complexity index is 905. The van der Waals surface area contributed by atoms with Gasteiger partial charge in [-0.2, -0.15) is 13.2 Å². The third-order valence-corrected chi connectivity index (χ3v) is 3.78. The van der Waals surface area contributed by atoms with Gasteiger partial charge in [0.2, 0.25) is 5.88 Å². The molecular weight excluding hydrogens is 427 g/mol. The number of carbonyl (C=O) groups is 2. The lowest BCUT2D eigenvalue weighted by molar-refractivity contribution is -0.137. The normalized spacial score (nSPS) is 12.3. The summed E-state index contributed by atoms with van der Waals surface area (Å²) in [5.74, 6) is -0.276. The zero-order valence-electron chi connectivity index (χ0n) is 16.2. The molecule has 2 N–H and O–H groups in total. The van der Waals surface area contributed by atoms with Crippen LogP contribution in [-0.2, 0) is 11.0 Å². The van der Waals surface area contributed by atoms with Gasteiger partial charge < -0.3 is 14.8 Å². The molecular formula is C19H19ClF3N3O4. The molecule has 1 aromatic carbocycles. The van der Waals surface area contributed by atoms with Crippen molar-refractivity contribution < 1.29 is 32.2 Å². The second kappa shape index (κ2) is 9.66. The van der Waals surface area contributed by atoms with Gasteiger partial charge in [0.15, 0.2) is 6.10 Å². The maximum Gasteiger partial charge on any atom is 0.417 e. The number of alkyl halides is 3. The van der Waals surface area contributed by atoms with Gasteiger partial charge in [-0.25, -0.2) is 9.78 Å². The van der Waals surface area contributed by atoms with Crippen LogP contribution in [-0.4, -0.2) is 29.1 Å². The number of hydrogen-bond acceptors (Lipinski definition) is 5. The summed E-state index contributed by atoms with van der Waals surface area (Å²) >= 11 is 5.80. The summed E-state index contributed by atoms with van der Waals surface area (Å²) in [6, 6.07) is 5.83. The lowest BCUT2D eigenvalue weighted by Gasteiger charge is -2.15. The van der Waals surface area contributed by atoms with E-state index in [-0.39, 0.29) is 22.7 Å². The highest BCUT2D eigenvalue weighted by Gasteiger charge is 2.31. The number of pyridine rings is 1. The quantitative estimate of drug-likeness (QED) is 0.681. The molecule has 1 heterocycles. The third-order valence-electron chi connectivity index (χ3n) is 3.51. The van der Waals surface area contributed by atoms with Gasteiger partial charge in [0, 0.05) is 12.2 Å². The molecule has 0 aliphatic heterocycles. The summed E-state index contributed by atoms with van der Waals surface area (Å²) in [7, 11) is 0. The number of halogens is 4. The molecule has 2 aromatic rings. The average Bonchev–Trinajstić information content (AvgIpc) is 2.63. The number of imide groups is 1. The molecule has 0 radical (unpaired) electrons. The van der Waals surface area contributed by atoms with Crippen LogP contribution in [0, 0.1) is 0 Å². The molecule has 30 heavy (non-hydrogen) atoms. The van der Waals surface area contributed by atoms with Crippen molar-refractivity contribution in [2.45, 2.75) is 39.1 Å². The summed E-state index contributed by atoms with van der Waals surface area (Å²) in [5.41, 5.74) is -0.988. The first kappa shape index (κ1) is 23.3. The summed E-state index contributed by atoms with van der Waals surface area (Å²) in [6.45, 7) is 4.97. The van der Waals surface area contributed by atoms with Crippen molar-refractivity contribution in [2.75, 3.05) is 0 Å². The maximum atomic E-state index is 12.7. The molecule has 0 bridgehead atoms. The number of carbonyl (C=O) groups excluding carboxylic acids is 2. The molecule has 1 unspecified atom stereocenters. The molecule has 1 aromatic heterocycles. The maximum absolute atomic E-state index is 12.7. The zero-order chi connectivity index (χ0) is 22.5. The second-order valence-corrected chi connectivity index (χ2v) is 6.87. The molecule has 7 nitrogen and oxygen atoms in total. The number of aromatic nitrogens is 1. The van der Waals surface area contributed by atoms with E-state index < -0.39 is 29.8 Å². The molecule has 162 valence electrons. The molecule has 0 aliphatic carbocycles. The van der Waals surface area contributed by atoms with E-state index in [0.717, 1.165) is 6.07 Å². The first-order valence-corrected chi connectivity index (χ1v) is 9.12. The Morgan fingerprint density at radius 1 is 1.10 bits per heavy atom. The number of amides is 3. The van der Waals surface area contributed by atoms with Crippen LogP contribution in [0.5, 0.6) is 17.4 Å². The van der Waals surface area contributed by atoms with E-state index in [1.54, 1.807) is 13.8 Å². The molecule has 11 heteroatoms. The van der Waals surface area contributed by atoms with Crippen molar-refractivity contribution in [2.24, 2.45) is 0 Å². The van der Waals surface area contributed by atoms with Crippen molar-refractivity contribution in [3.05, 3.63) is 47.1 Å². The molecule has 0 fully saturated rings. The molecule has 0 saturated heterocycles. The van der Waals surface area contributed by atoms with E-state index in [0.29, 0.717) is 11.9 Å². The van der Waals surface area contributed by atoms with Crippen LogP contribution in [0.2, 0.25) is 5.02 Å². The van der Waals surface area contributed by atoms with E-state index >= 15 is 0 Å². The van der Waals surface area contributed by atoms with Gasteiger partial charge in [-0.3, -0.25) is 10.1 Å². The topological polar surface area (TPSA) is 89.6 Å². The molecule has 1 atom stereocenters. The van der Waals surface area contributed by atoms with E-state index in [2.05, 4.69) is 15.6 Å². The van der Waals surface area contributed by atoms with E-state index in [1.165, 1.54) is 31.2 Å². The molecule has 0 saturated carbocycles. The number of benzene rings is 1. The monoisotopic (exact) mass is 445 g/mol. The highest BCUT2D eigenvalue weighted by atomic mass is 35.5. The number of nitrogens with one attached hydrogen (secondary N) is 2. The van der Waals surface area contributed by atoms with Gasteiger partial charge in [-0.05, 0) is 51.1 Å². The molecule has 0 spiro atoms. The summed E-state index contributed by atoms with van der Waals surface area (Å²) < 4.78 is 48.8. The van der Waals surface area contributed by atoms with Gasteiger partial charge >= 0.3 is 12.2 Å². The Balaban J connectivity index is 1.97. The minimum Gasteiger partial charge on any atom is -0.481 e. The number of rotatable bonds is 6. The lowest BCUT2D eigenvalue weighted by Crippen LogP contribution is -2.46. The number of nitrogens with zero attached hydrogens (tertiary/aromatic N) is 1. The number of urea groups is 1.